The molecule has 0 aliphatic rings. The number of rotatable bonds is 2. The number of halogens is 1. The van der Waals surface area contributed by atoms with Crippen LogP contribution in [0.3, 0.4) is 0 Å². The van der Waals surface area contributed by atoms with Gasteiger partial charge in [0.05, 0.1) is 4.88 Å². The van der Waals surface area contributed by atoms with Crippen molar-refractivity contribution in [2.24, 2.45) is 0 Å². The molecule has 1 aromatic rings. The van der Waals surface area contributed by atoms with Gasteiger partial charge in [-0.15, -0.1) is 11.3 Å². The van der Waals surface area contributed by atoms with Gasteiger partial charge in [-0.25, -0.2) is 0 Å². The lowest BCUT2D eigenvalue weighted by atomic mass is 10.0. The summed E-state index contributed by atoms with van der Waals surface area (Å²) in [5, 5.41) is 11.2. The molecule has 1 aromatic heterocycles. The van der Waals surface area contributed by atoms with Gasteiger partial charge in [-0.05, 0) is 35.8 Å². The van der Waals surface area contributed by atoms with E-state index in [0.29, 0.717) is 4.88 Å². The van der Waals surface area contributed by atoms with E-state index in [1.54, 1.807) is 6.07 Å². The van der Waals surface area contributed by atoms with Crippen LogP contribution in [0.1, 0.15) is 23.5 Å². The molecular weight excluding hydrogens is 240 g/mol. The van der Waals surface area contributed by atoms with Crippen LogP contribution in [-0.4, -0.2) is 16.5 Å². The predicted octanol–water partition coefficient (Wildman–Crippen LogP) is 2.46. The van der Waals surface area contributed by atoms with Gasteiger partial charge in [0, 0.05) is 9.85 Å². The van der Waals surface area contributed by atoms with E-state index in [0.717, 1.165) is 4.47 Å². The van der Waals surface area contributed by atoms with Gasteiger partial charge in [0.15, 0.2) is 0 Å². The average Bonchev–Trinajstić information content (AvgIpc) is 2.32. The molecule has 0 aromatic carbocycles. The molecule has 0 aliphatic heterocycles. The number of thiophene rings is 1. The Hall–Kier alpha value is -0.190. The number of ketones is 1. The van der Waals surface area contributed by atoms with Gasteiger partial charge in [0.2, 0.25) is 5.78 Å². The molecule has 0 spiro atoms. The molecule has 0 aliphatic carbocycles. The summed E-state index contributed by atoms with van der Waals surface area (Å²) in [4.78, 5) is 12.0. The Morgan fingerprint density at radius 2 is 2.25 bits per heavy atom. The SMILES string of the molecule is CC(C)(O)C(=O)c1cc(Br)cs1. The molecule has 0 fully saturated rings. The van der Waals surface area contributed by atoms with Gasteiger partial charge in [0.1, 0.15) is 5.60 Å². The highest BCUT2D eigenvalue weighted by Crippen LogP contribution is 2.23. The van der Waals surface area contributed by atoms with Crippen LogP contribution in [0, 0.1) is 0 Å². The zero-order chi connectivity index (χ0) is 9.35. The smallest absolute Gasteiger partial charge is 0.203 e. The zero-order valence-corrected chi connectivity index (χ0v) is 9.20. The molecule has 0 radical (unpaired) electrons. The van der Waals surface area contributed by atoms with E-state index >= 15 is 0 Å². The van der Waals surface area contributed by atoms with Crippen molar-refractivity contribution >= 4 is 33.0 Å². The second-order valence-electron chi connectivity index (χ2n) is 3.02. The van der Waals surface area contributed by atoms with Crippen molar-refractivity contribution in [3.8, 4) is 0 Å². The van der Waals surface area contributed by atoms with Crippen LogP contribution < -0.4 is 0 Å². The Bertz CT molecular complexity index is 298. The third kappa shape index (κ3) is 2.15. The normalized spacial score (nSPS) is 11.7. The molecule has 1 heterocycles. The number of hydrogen-bond acceptors (Lipinski definition) is 3. The fraction of sp³-hybridized carbons (Fsp3) is 0.375. The van der Waals surface area contributed by atoms with Crippen molar-refractivity contribution in [2.45, 2.75) is 19.4 Å². The van der Waals surface area contributed by atoms with Crippen molar-refractivity contribution in [3.05, 3.63) is 20.8 Å². The second-order valence-corrected chi connectivity index (χ2v) is 4.84. The van der Waals surface area contributed by atoms with Gasteiger partial charge >= 0.3 is 0 Å². The van der Waals surface area contributed by atoms with Gasteiger partial charge < -0.3 is 5.11 Å². The topological polar surface area (TPSA) is 37.3 Å². The van der Waals surface area contributed by atoms with E-state index in [1.165, 1.54) is 25.2 Å². The van der Waals surface area contributed by atoms with Crippen LogP contribution in [0.5, 0.6) is 0 Å². The fourth-order valence-corrected chi connectivity index (χ4v) is 2.25. The van der Waals surface area contributed by atoms with E-state index < -0.39 is 5.60 Å². The molecule has 0 unspecified atom stereocenters. The molecule has 0 bridgehead atoms. The molecule has 0 amide bonds. The first-order chi connectivity index (χ1) is 5.41. The summed E-state index contributed by atoms with van der Waals surface area (Å²) in [7, 11) is 0. The van der Waals surface area contributed by atoms with Crippen molar-refractivity contribution in [1.29, 1.82) is 0 Å². The van der Waals surface area contributed by atoms with Gasteiger partial charge in [0.25, 0.3) is 0 Å². The Kier molecular flexibility index (Phi) is 2.70. The number of Topliss-reactive ketones (excluding diaryl/α,β-unsaturated/α-hetero) is 1. The number of aliphatic hydroxyl groups is 1. The number of carbonyl (C=O) groups is 1. The third-order valence-corrected chi connectivity index (χ3v) is 3.04. The summed E-state index contributed by atoms with van der Waals surface area (Å²) in [5.74, 6) is -0.238. The summed E-state index contributed by atoms with van der Waals surface area (Å²) in [5.41, 5.74) is -1.27. The van der Waals surface area contributed by atoms with Crippen LogP contribution in [0.2, 0.25) is 0 Å². The van der Waals surface area contributed by atoms with Gasteiger partial charge in [-0.1, -0.05) is 0 Å². The van der Waals surface area contributed by atoms with E-state index in [9.17, 15) is 9.90 Å². The van der Waals surface area contributed by atoms with E-state index in [2.05, 4.69) is 15.9 Å². The first-order valence-electron chi connectivity index (χ1n) is 3.42. The summed E-state index contributed by atoms with van der Waals surface area (Å²) in [6, 6.07) is 1.71. The highest BCUT2D eigenvalue weighted by molar-refractivity contribution is 9.10. The number of carbonyl (C=O) groups excluding carboxylic acids is 1. The van der Waals surface area contributed by atoms with Crippen molar-refractivity contribution in [2.75, 3.05) is 0 Å². The molecular formula is C8H9BrO2S. The molecule has 0 saturated heterocycles. The van der Waals surface area contributed by atoms with Crippen molar-refractivity contribution in [1.82, 2.24) is 0 Å². The molecule has 66 valence electrons. The minimum Gasteiger partial charge on any atom is -0.382 e. The van der Waals surface area contributed by atoms with E-state index in [4.69, 9.17) is 0 Å². The van der Waals surface area contributed by atoms with Gasteiger partial charge in [-0.2, -0.15) is 0 Å². The fourth-order valence-electron chi connectivity index (χ4n) is 0.734. The molecule has 0 saturated carbocycles. The van der Waals surface area contributed by atoms with Crippen LogP contribution in [0.4, 0.5) is 0 Å². The number of hydrogen-bond donors (Lipinski definition) is 1. The maximum atomic E-state index is 11.4. The molecule has 1 N–H and O–H groups in total. The van der Waals surface area contributed by atoms with Crippen molar-refractivity contribution < 1.29 is 9.90 Å². The minimum atomic E-state index is -1.27. The van der Waals surface area contributed by atoms with Crippen molar-refractivity contribution in [3.63, 3.8) is 0 Å². The molecule has 0 atom stereocenters. The first kappa shape index (κ1) is 9.89. The highest BCUT2D eigenvalue weighted by Gasteiger charge is 2.26. The highest BCUT2D eigenvalue weighted by atomic mass is 79.9. The second kappa shape index (κ2) is 3.28. The quantitative estimate of drug-likeness (QED) is 0.817. The Balaban J connectivity index is 2.93. The van der Waals surface area contributed by atoms with Crippen LogP contribution in [0.15, 0.2) is 15.9 Å². The molecule has 12 heavy (non-hydrogen) atoms. The lowest BCUT2D eigenvalue weighted by Gasteiger charge is -2.13. The Morgan fingerprint density at radius 1 is 1.67 bits per heavy atom. The third-order valence-electron chi connectivity index (χ3n) is 1.35. The van der Waals surface area contributed by atoms with Crippen LogP contribution in [0.25, 0.3) is 0 Å². The minimum absolute atomic E-state index is 0.238. The largest absolute Gasteiger partial charge is 0.382 e. The van der Waals surface area contributed by atoms with E-state index in [1.807, 2.05) is 5.38 Å². The predicted molar refractivity (Wildman–Crippen MR) is 52.6 cm³/mol. The monoisotopic (exact) mass is 248 g/mol. The maximum Gasteiger partial charge on any atom is 0.203 e. The molecule has 4 heteroatoms. The maximum absolute atomic E-state index is 11.4. The van der Waals surface area contributed by atoms with Gasteiger partial charge in [-0.3, -0.25) is 4.79 Å². The summed E-state index contributed by atoms with van der Waals surface area (Å²) < 4.78 is 0.875. The van der Waals surface area contributed by atoms with Crippen LogP contribution >= 0.6 is 27.3 Å². The lowest BCUT2D eigenvalue weighted by molar-refractivity contribution is 0.0492. The van der Waals surface area contributed by atoms with E-state index in [-0.39, 0.29) is 5.78 Å². The molecule has 2 nitrogen and oxygen atoms in total. The summed E-state index contributed by atoms with van der Waals surface area (Å²) in [6.07, 6.45) is 0. The zero-order valence-electron chi connectivity index (χ0n) is 6.80. The van der Waals surface area contributed by atoms with Crippen LogP contribution in [-0.2, 0) is 0 Å². The lowest BCUT2D eigenvalue weighted by Crippen LogP contribution is -2.30. The first-order valence-corrected chi connectivity index (χ1v) is 5.10. The Labute approximate surface area is 83.4 Å². The summed E-state index contributed by atoms with van der Waals surface area (Å²) >= 11 is 4.57. The Morgan fingerprint density at radius 3 is 2.58 bits per heavy atom. The standard InChI is InChI=1S/C8H9BrO2S/c1-8(2,11)7(10)6-3-5(9)4-12-6/h3-4,11H,1-2H3. The summed E-state index contributed by atoms with van der Waals surface area (Å²) in [6.45, 7) is 2.98. The molecule has 1 rings (SSSR count). The average molecular weight is 249 g/mol.